The van der Waals surface area contributed by atoms with Crippen LogP contribution < -0.4 is 15.4 Å². The fourth-order valence-electron chi connectivity index (χ4n) is 4.67. The van der Waals surface area contributed by atoms with E-state index in [1.165, 1.54) is 0 Å². The minimum absolute atomic E-state index is 0.0689. The summed E-state index contributed by atoms with van der Waals surface area (Å²) in [4.78, 5) is 12.9. The number of ether oxygens (including phenoxy) is 1. The summed E-state index contributed by atoms with van der Waals surface area (Å²) in [6, 6.07) is 12.0. The molecule has 0 unspecified atom stereocenters. The number of amides is 1. The van der Waals surface area contributed by atoms with Gasteiger partial charge in [0.25, 0.3) is 0 Å². The Kier molecular flexibility index (Phi) is 3.33. The summed E-state index contributed by atoms with van der Waals surface area (Å²) in [5.41, 5.74) is 4.35. The number of methoxy groups -OCH3 is 1. The maximum Gasteiger partial charge on any atom is 0.235 e. The zero-order valence-electron chi connectivity index (χ0n) is 16.6. The lowest BCUT2D eigenvalue weighted by Crippen LogP contribution is -2.21. The molecule has 1 aliphatic carbocycles. The lowest BCUT2D eigenvalue weighted by molar-refractivity contribution is -0.118. The Labute approximate surface area is 172 Å². The highest BCUT2D eigenvalue weighted by Gasteiger charge is 2.65. The van der Waals surface area contributed by atoms with E-state index >= 15 is 0 Å². The summed E-state index contributed by atoms with van der Waals surface area (Å²) < 4.78 is 7.12. The van der Waals surface area contributed by atoms with E-state index in [1.54, 1.807) is 18.0 Å². The number of anilines is 3. The molecule has 2 aromatic carbocycles. The summed E-state index contributed by atoms with van der Waals surface area (Å²) in [5, 5.41) is 19.0. The number of nitrogens with zero attached hydrogens (tertiary/aromatic N) is 3. The lowest BCUT2D eigenvalue weighted by Gasteiger charge is -2.10. The first kappa shape index (κ1) is 17.1. The zero-order chi connectivity index (χ0) is 20.5. The summed E-state index contributed by atoms with van der Waals surface area (Å²) in [5.74, 6) is 1.72. The van der Waals surface area contributed by atoms with Crippen LogP contribution in [0.25, 0.3) is 10.9 Å². The Bertz CT molecular complexity index is 1320. The third kappa shape index (κ3) is 2.30. The number of aromatic amines is 1. The second-order valence-corrected chi connectivity index (χ2v) is 8.00. The number of aryl methyl sites for hydroxylation is 1. The molecular formula is C22H20N6O2. The van der Waals surface area contributed by atoms with Gasteiger partial charge in [0.2, 0.25) is 5.91 Å². The number of nitrogens with one attached hydrogen (secondary N) is 3. The summed E-state index contributed by atoms with van der Waals surface area (Å²) in [6.07, 6.45) is 4.44. The predicted molar refractivity (Wildman–Crippen MR) is 113 cm³/mol. The van der Waals surface area contributed by atoms with E-state index in [4.69, 9.17) is 4.74 Å². The van der Waals surface area contributed by atoms with Gasteiger partial charge < -0.3 is 15.4 Å². The van der Waals surface area contributed by atoms with Gasteiger partial charge in [-0.05, 0) is 47.9 Å². The van der Waals surface area contributed by atoms with Crippen LogP contribution >= 0.6 is 0 Å². The van der Waals surface area contributed by atoms with Crippen LogP contribution in [0.15, 0.2) is 48.8 Å². The smallest absolute Gasteiger partial charge is 0.235 e. The van der Waals surface area contributed by atoms with E-state index in [0.717, 1.165) is 51.4 Å². The number of hydrogen-bond acceptors (Lipinski definition) is 5. The second kappa shape index (κ2) is 5.85. The molecule has 3 heterocycles. The quantitative estimate of drug-likeness (QED) is 0.488. The van der Waals surface area contributed by atoms with Gasteiger partial charge >= 0.3 is 0 Å². The van der Waals surface area contributed by atoms with Gasteiger partial charge in [-0.3, -0.25) is 14.6 Å². The molecule has 2 aliphatic rings. The van der Waals surface area contributed by atoms with Crippen LogP contribution in [-0.4, -0.2) is 33.0 Å². The molecular weight excluding hydrogens is 380 g/mol. The fourth-order valence-corrected chi connectivity index (χ4v) is 4.67. The molecule has 3 N–H and O–H groups in total. The average Bonchev–Trinajstić information content (AvgIpc) is 3.03. The van der Waals surface area contributed by atoms with Gasteiger partial charge in [-0.25, -0.2) is 0 Å². The molecule has 1 spiro atoms. The molecule has 4 aromatic rings. The predicted octanol–water partition coefficient (Wildman–Crippen LogP) is 3.43. The van der Waals surface area contributed by atoms with Crippen molar-refractivity contribution in [2.24, 2.45) is 7.05 Å². The van der Waals surface area contributed by atoms with Crippen molar-refractivity contribution in [2.45, 2.75) is 17.8 Å². The maximum atomic E-state index is 12.9. The van der Waals surface area contributed by atoms with Crippen LogP contribution in [0.3, 0.4) is 0 Å². The molecule has 6 rings (SSSR count). The van der Waals surface area contributed by atoms with Crippen LogP contribution in [0, 0.1) is 0 Å². The molecule has 30 heavy (non-hydrogen) atoms. The largest absolute Gasteiger partial charge is 0.497 e. The first-order valence-corrected chi connectivity index (χ1v) is 9.82. The van der Waals surface area contributed by atoms with E-state index < -0.39 is 5.41 Å². The Morgan fingerprint density at radius 1 is 1.27 bits per heavy atom. The van der Waals surface area contributed by atoms with E-state index in [1.807, 2.05) is 31.4 Å². The van der Waals surface area contributed by atoms with Crippen molar-refractivity contribution in [1.82, 2.24) is 20.0 Å². The fraction of sp³-hybridized carbons (Fsp3) is 0.227. The molecule has 1 amide bonds. The standard InChI is InChI=1S/C22H20N6O2/c1-28-11-13(10-23-28)24-20-15-5-3-12(7-19(15)26-27-20)17-9-22(17)16-8-14(30-2)4-6-18(16)25-21(22)29/h3-8,10-11,17H,9H2,1-2H3,(H,25,29)(H2,24,26,27)/t17-,22-/m0/s1. The molecule has 1 saturated carbocycles. The van der Waals surface area contributed by atoms with Gasteiger partial charge in [0.1, 0.15) is 5.75 Å². The number of hydrogen-bond donors (Lipinski definition) is 3. The van der Waals surface area contributed by atoms with Crippen LogP contribution in [0.1, 0.15) is 23.5 Å². The lowest BCUT2D eigenvalue weighted by atomic mass is 9.91. The third-order valence-electron chi connectivity index (χ3n) is 6.28. The average molecular weight is 400 g/mol. The van der Waals surface area contributed by atoms with E-state index in [-0.39, 0.29) is 11.8 Å². The number of rotatable bonds is 4. The Balaban J connectivity index is 1.34. The van der Waals surface area contributed by atoms with Gasteiger partial charge in [-0.1, -0.05) is 6.07 Å². The second-order valence-electron chi connectivity index (χ2n) is 8.00. The van der Waals surface area contributed by atoms with Crippen LogP contribution in [0.5, 0.6) is 5.75 Å². The van der Waals surface area contributed by atoms with Gasteiger partial charge in [0, 0.05) is 30.2 Å². The topological polar surface area (TPSA) is 96.9 Å². The number of aromatic nitrogens is 4. The minimum atomic E-state index is -0.506. The van der Waals surface area contributed by atoms with E-state index in [0.29, 0.717) is 0 Å². The maximum absolute atomic E-state index is 12.9. The number of benzene rings is 2. The Hall–Kier alpha value is -3.81. The highest BCUT2D eigenvalue weighted by molar-refractivity contribution is 6.10. The van der Waals surface area contributed by atoms with E-state index in [9.17, 15) is 4.79 Å². The highest BCUT2D eigenvalue weighted by atomic mass is 16.5. The first-order chi connectivity index (χ1) is 14.6. The van der Waals surface area contributed by atoms with Gasteiger partial charge in [-0.2, -0.15) is 10.2 Å². The molecule has 0 bridgehead atoms. The molecule has 1 fully saturated rings. The number of carbonyl (C=O) groups is 1. The van der Waals surface area contributed by atoms with Crippen molar-refractivity contribution < 1.29 is 9.53 Å². The van der Waals surface area contributed by atoms with Crippen molar-refractivity contribution in [1.29, 1.82) is 0 Å². The normalized spacial score (nSPS) is 21.7. The SMILES string of the molecule is COc1ccc2c(c1)[C@]1(C[C@H]1c1ccc3c(Nc4cnn(C)c4)n[nH]c3c1)C(=O)N2. The van der Waals surface area contributed by atoms with Crippen molar-refractivity contribution in [3.63, 3.8) is 0 Å². The molecule has 8 nitrogen and oxygen atoms in total. The number of carbonyl (C=O) groups excluding carboxylic acids is 1. The van der Waals surface area contributed by atoms with Crippen molar-refractivity contribution in [3.05, 3.63) is 59.9 Å². The van der Waals surface area contributed by atoms with Crippen molar-refractivity contribution >= 4 is 34.0 Å². The number of fused-ring (bicyclic) bond motifs is 3. The van der Waals surface area contributed by atoms with E-state index in [2.05, 4.69) is 44.1 Å². The van der Waals surface area contributed by atoms with Gasteiger partial charge in [0.05, 0.1) is 29.9 Å². The van der Waals surface area contributed by atoms with Crippen molar-refractivity contribution in [2.75, 3.05) is 17.7 Å². The molecule has 1 aliphatic heterocycles. The molecule has 0 saturated heterocycles. The molecule has 2 aromatic heterocycles. The third-order valence-corrected chi connectivity index (χ3v) is 6.28. The molecule has 0 radical (unpaired) electrons. The van der Waals surface area contributed by atoms with Crippen LogP contribution in [0.2, 0.25) is 0 Å². The monoisotopic (exact) mass is 400 g/mol. The zero-order valence-corrected chi connectivity index (χ0v) is 16.6. The molecule has 8 heteroatoms. The molecule has 150 valence electrons. The van der Waals surface area contributed by atoms with Crippen molar-refractivity contribution in [3.8, 4) is 5.75 Å². The van der Waals surface area contributed by atoms with Gasteiger partial charge in [0.15, 0.2) is 5.82 Å². The first-order valence-electron chi connectivity index (χ1n) is 9.82. The summed E-state index contributed by atoms with van der Waals surface area (Å²) >= 11 is 0. The Morgan fingerprint density at radius 2 is 2.17 bits per heavy atom. The Morgan fingerprint density at radius 3 is 2.97 bits per heavy atom. The number of H-pyrrole nitrogens is 1. The highest BCUT2D eigenvalue weighted by Crippen LogP contribution is 2.65. The van der Waals surface area contributed by atoms with Crippen LogP contribution in [-0.2, 0) is 17.3 Å². The van der Waals surface area contributed by atoms with Crippen LogP contribution in [0.4, 0.5) is 17.2 Å². The summed E-state index contributed by atoms with van der Waals surface area (Å²) in [6.45, 7) is 0. The summed E-state index contributed by atoms with van der Waals surface area (Å²) in [7, 11) is 3.52. The minimum Gasteiger partial charge on any atom is -0.497 e. The van der Waals surface area contributed by atoms with Gasteiger partial charge in [-0.15, -0.1) is 0 Å². The molecule has 2 atom stereocenters.